The number of aryl methyl sites for hydroxylation is 1. The maximum atomic E-state index is 11.9. The third-order valence-corrected chi connectivity index (χ3v) is 2.90. The molecule has 1 aromatic heterocycles. The summed E-state index contributed by atoms with van der Waals surface area (Å²) in [7, 11) is 1.84. The van der Waals surface area contributed by atoms with Crippen LogP contribution in [0.1, 0.15) is 15.9 Å². The zero-order chi connectivity index (χ0) is 13.8. The molecule has 0 fully saturated rings. The van der Waals surface area contributed by atoms with Crippen LogP contribution in [0, 0.1) is 0 Å². The third-order valence-electron chi connectivity index (χ3n) is 2.66. The highest BCUT2D eigenvalue weighted by Crippen LogP contribution is 2.21. The minimum atomic E-state index is -0.344. The molecule has 1 heterocycles. The van der Waals surface area contributed by atoms with Crippen LogP contribution in [0.3, 0.4) is 0 Å². The van der Waals surface area contributed by atoms with E-state index in [2.05, 4.69) is 10.4 Å². The fourth-order valence-corrected chi connectivity index (χ4v) is 1.88. The highest BCUT2D eigenvalue weighted by atomic mass is 35.5. The molecule has 0 saturated carbocycles. The fourth-order valence-electron chi connectivity index (χ4n) is 1.71. The van der Waals surface area contributed by atoms with Crippen molar-refractivity contribution in [1.29, 1.82) is 0 Å². The van der Waals surface area contributed by atoms with E-state index in [1.165, 1.54) is 18.2 Å². The molecule has 0 unspecified atom stereocenters. The summed E-state index contributed by atoms with van der Waals surface area (Å²) in [6.07, 6.45) is 4.33. The Bertz CT molecular complexity index is 595. The van der Waals surface area contributed by atoms with Gasteiger partial charge in [0.15, 0.2) is 0 Å². The van der Waals surface area contributed by atoms with Gasteiger partial charge in [0.2, 0.25) is 0 Å². The number of nitrogens with zero attached hydrogens (tertiary/aromatic N) is 2. The Morgan fingerprint density at radius 3 is 3.00 bits per heavy atom. The molecule has 1 amide bonds. The Labute approximate surface area is 115 Å². The van der Waals surface area contributed by atoms with Crippen molar-refractivity contribution in [2.75, 3.05) is 6.54 Å². The molecular weight excluding hydrogens is 266 g/mol. The van der Waals surface area contributed by atoms with Crippen molar-refractivity contribution in [2.45, 2.75) is 6.42 Å². The molecule has 0 spiro atoms. The summed E-state index contributed by atoms with van der Waals surface area (Å²) in [5.74, 6) is -0.424. The number of aromatic hydroxyl groups is 1. The molecule has 6 heteroatoms. The van der Waals surface area contributed by atoms with Crippen LogP contribution in [0.15, 0.2) is 30.6 Å². The average Bonchev–Trinajstić information content (AvgIpc) is 2.78. The van der Waals surface area contributed by atoms with Gasteiger partial charge in [-0.3, -0.25) is 9.48 Å². The van der Waals surface area contributed by atoms with Gasteiger partial charge in [0.25, 0.3) is 5.91 Å². The molecule has 2 aromatic rings. The number of aromatic nitrogens is 2. The maximum Gasteiger partial charge on any atom is 0.255 e. The molecule has 5 nitrogen and oxygen atoms in total. The lowest BCUT2D eigenvalue weighted by atomic mass is 10.2. The number of hydrogen-bond donors (Lipinski definition) is 2. The van der Waals surface area contributed by atoms with Gasteiger partial charge in [-0.05, 0) is 30.2 Å². The molecule has 0 aliphatic heterocycles. The zero-order valence-electron chi connectivity index (χ0n) is 10.4. The topological polar surface area (TPSA) is 67.2 Å². The van der Waals surface area contributed by atoms with Crippen molar-refractivity contribution in [1.82, 2.24) is 15.1 Å². The largest absolute Gasteiger partial charge is 0.507 e. The van der Waals surface area contributed by atoms with Gasteiger partial charge in [-0.25, -0.2) is 0 Å². The second-order valence-electron chi connectivity index (χ2n) is 4.19. The number of carbonyl (C=O) groups excluding carboxylic acids is 1. The van der Waals surface area contributed by atoms with Crippen molar-refractivity contribution in [3.63, 3.8) is 0 Å². The summed E-state index contributed by atoms with van der Waals surface area (Å²) in [5, 5.41) is 16.8. The van der Waals surface area contributed by atoms with Gasteiger partial charge < -0.3 is 10.4 Å². The smallest absolute Gasteiger partial charge is 0.255 e. The van der Waals surface area contributed by atoms with Gasteiger partial charge in [-0.2, -0.15) is 5.10 Å². The summed E-state index contributed by atoms with van der Waals surface area (Å²) in [6, 6.07) is 4.37. The maximum absolute atomic E-state index is 11.9. The van der Waals surface area contributed by atoms with E-state index in [1.54, 1.807) is 10.9 Å². The molecule has 1 aromatic carbocycles. The van der Waals surface area contributed by atoms with Crippen LogP contribution in [0.4, 0.5) is 0 Å². The van der Waals surface area contributed by atoms with E-state index in [4.69, 9.17) is 11.6 Å². The Kier molecular flexibility index (Phi) is 4.06. The average molecular weight is 280 g/mol. The Morgan fingerprint density at radius 1 is 1.53 bits per heavy atom. The SMILES string of the molecule is Cn1cc(CCNC(=O)c2cc(Cl)ccc2O)cn1. The number of hydrogen-bond acceptors (Lipinski definition) is 3. The van der Waals surface area contributed by atoms with Crippen LogP contribution in [0.25, 0.3) is 0 Å². The highest BCUT2D eigenvalue weighted by molar-refractivity contribution is 6.31. The van der Waals surface area contributed by atoms with E-state index < -0.39 is 0 Å². The molecule has 0 aliphatic carbocycles. The lowest BCUT2D eigenvalue weighted by Gasteiger charge is -2.06. The Balaban J connectivity index is 1.92. The lowest BCUT2D eigenvalue weighted by molar-refractivity contribution is 0.0951. The third kappa shape index (κ3) is 3.48. The standard InChI is InChI=1S/C13H14ClN3O2/c1-17-8-9(7-16-17)4-5-15-13(19)11-6-10(14)2-3-12(11)18/h2-3,6-8,18H,4-5H2,1H3,(H,15,19). The molecule has 100 valence electrons. The first kappa shape index (κ1) is 13.4. The number of amides is 1. The fraction of sp³-hybridized carbons (Fsp3) is 0.231. The molecule has 0 saturated heterocycles. The first-order valence-corrected chi connectivity index (χ1v) is 6.18. The minimum Gasteiger partial charge on any atom is -0.507 e. The number of carbonyl (C=O) groups is 1. The van der Waals surface area contributed by atoms with Gasteiger partial charge in [0, 0.05) is 24.8 Å². The summed E-state index contributed by atoms with van der Waals surface area (Å²) in [6.45, 7) is 0.469. The summed E-state index contributed by atoms with van der Waals surface area (Å²) < 4.78 is 1.71. The van der Waals surface area contributed by atoms with Crippen molar-refractivity contribution in [3.8, 4) is 5.75 Å². The van der Waals surface area contributed by atoms with Gasteiger partial charge in [0.1, 0.15) is 5.75 Å². The predicted octanol–water partition coefficient (Wildman–Crippen LogP) is 1.75. The van der Waals surface area contributed by atoms with Gasteiger partial charge >= 0.3 is 0 Å². The normalized spacial score (nSPS) is 10.4. The van der Waals surface area contributed by atoms with Crippen LogP contribution < -0.4 is 5.32 Å². The Hall–Kier alpha value is -2.01. The molecule has 0 atom stereocenters. The first-order chi connectivity index (χ1) is 9.06. The number of nitrogens with one attached hydrogen (secondary N) is 1. The summed E-state index contributed by atoms with van der Waals surface area (Å²) in [5.41, 5.74) is 1.22. The van der Waals surface area contributed by atoms with Gasteiger partial charge in [-0.1, -0.05) is 11.6 Å². The van der Waals surface area contributed by atoms with Crippen molar-refractivity contribution >= 4 is 17.5 Å². The number of rotatable bonds is 4. The van der Waals surface area contributed by atoms with Gasteiger partial charge in [-0.15, -0.1) is 0 Å². The molecular formula is C13H14ClN3O2. The van der Waals surface area contributed by atoms with E-state index in [1.807, 2.05) is 13.2 Å². The number of benzene rings is 1. The molecule has 0 aliphatic rings. The molecule has 2 N–H and O–H groups in total. The van der Waals surface area contributed by atoms with E-state index >= 15 is 0 Å². The number of phenolic OH excluding ortho intramolecular Hbond substituents is 1. The molecule has 0 radical (unpaired) electrons. The number of halogens is 1. The monoisotopic (exact) mass is 279 g/mol. The van der Waals surface area contributed by atoms with Crippen LogP contribution >= 0.6 is 11.6 Å². The second-order valence-corrected chi connectivity index (χ2v) is 4.63. The van der Waals surface area contributed by atoms with Crippen molar-refractivity contribution in [3.05, 3.63) is 46.7 Å². The van der Waals surface area contributed by atoms with Crippen LogP contribution in [-0.2, 0) is 13.5 Å². The van der Waals surface area contributed by atoms with E-state index in [-0.39, 0.29) is 17.2 Å². The van der Waals surface area contributed by atoms with Crippen molar-refractivity contribution < 1.29 is 9.90 Å². The van der Waals surface area contributed by atoms with E-state index in [9.17, 15) is 9.90 Å². The first-order valence-electron chi connectivity index (χ1n) is 5.80. The van der Waals surface area contributed by atoms with Crippen LogP contribution in [0.2, 0.25) is 5.02 Å². The highest BCUT2D eigenvalue weighted by Gasteiger charge is 2.11. The van der Waals surface area contributed by atoms with E-state index in [0.29, 0.717) is 18.0 Å². The van der Waals surface area contributed by atoms with E-state index in [0.717, 1.165) is 5.56 Å². The Morgan fingerprint density at radius 2 is 2.32 bits per heavy atom. The molecule has 19 heavy (non-hydrogen) atoms. The minimum absolute atomic E-state index is 0.0803. The number of phenols is 1. The second kappa shape index (κ2) is 5.75. The zero-order valence-corrected chi connectivity index (χ0v) is 11.2. The molecule has 0 bridgehead atoms. The summed E-state index contributed by atoms with van der Waals surface area (Å²) in [4.78, 5) is 11.9. The van der Waals surface area contributed by atoms with Gasteiger partial charge in [0.05, 0.1) is 11.8 Å². The van der Waals surface area contributed by atoms with Crippen LogP contribution in [-0.4, -0.2) is 27.3 Å². The lowest BCUT2D eigenvalue weighted by Crippen LogP contribution is -2.25. The summed E-state index contributed by atoms with van der Waals surface area (Å²) >= 11 is 5.79. The predicted molar refractivity (Wildman–Crippen MR) is 72.4 cm³/mol. The van der Waals surface area contributed by atoms with Crippen LogP contribution in [0.5, 0.6) is 5.75 Å². The quantitative estimate of drug-likeness (QED) is 0.896. The van der Waals surface area contributed by atoms with Crippen molar-refractivity contribution in [2.24, 2.45) is 7.05 Å². The molecule has 2 rings (SSSR count).